The molecule has 0 aliphatic carbocycles. The van der Waals surface area contributed by atoms with Crippen LogP contribution in [0.4, 0.5) is 8.78 Å². The number of aromatic nitrogens is 4. The zero-order valence-electron chi connectivity index (χ0n) is 11.2. The molecule has 2 heterocycles. The van der Waals surface area contributed by atoms with Crippen molar-refractivity contribution in [3.8, 4) is 5.82 Å². The monoisotopic (exact) mass is 314 g/mol. The summed E-state index contributed by atoms with van der Waals surface area (Å²) in [4.78, 5) is 18.9. The first kappa shape index (κ1) is 15.4. The Morgan fingerprint density at radius 1 is 1.38 bits per heavy atom. The molecular formula is C12H12F2N4O2S. The third-order valence-electron chi connectivity index (χ3n) is 2.43. The number of aryl methyl sites for hydroxylation is 2. The Kier molecular flexibility index (Phi) is 4.51. The molecule has 0 unspecified atom stereocenters. The van der Waals surface area contributed by atoms with E-state index in [2.05, 4.69) is 15.1 Å². The molecule has 0 fully saturated rings. The van der Waals surface area contributed by atoms with E-state index in [0.717, 1.165) is 11.8 Å². The van der Waals surface area contributed by atoms with Gasteiger partial charge < -0.3 is 5.11 Å². The van der Waals surface area contributed by atoms with E-state index in [1.54, 1.807) is 19.9 Å². The summed E-state index contributed by atoms with van der Waals surface area (Å²) in [5.41, 5.74) is 0.248. The van der Waals surface area contributed by atoms with E-state index in [-0.39, 0.29) is 5.75 Å². The van der Waals surface area contributed by atoms with E-state index >= 15 is 0 Å². The van der Waals surface area contributed by atoms with Gasteiger partial charge >= 0.3 is 5.97 Å². The van der Waals surface area contributed by atoms with Gasteiger partial charge in [0.05, 0.1) is 5.75 Å². The molecule has 0 aromatic carbocycles. The van der Waals surface area contributed by atoms with E-state index in [0.29, 0.717) is 22.4 Å². The van der Waals surface area contributed by atoms with Crippen LogP contribution in [0.15, 0.2) is 17.2 Å². The predicted molar refractivity (Wildman–Crippen MR) is 71.9 cm³/mol. The third kappa shape index (κ3) is 3.75. The minimum atomic E-state index is -2.74. The Labute approximate surface area is 123 Å². The smallest absolute Gasteiger partial charge is 0.313 e. The summed E-state index contributed by atoms with van der Waals surface area (Å²) < 4.78 is 26.8. The van der Waals surface area contributed by atoms with Gasteiger partial charge in [-0.3, -0.25) is 4.79 Å². The summed E-state index contributed by atoms with van der Waals surface area (Å²) in [6.45, 7) is 3.43. The summed E-state index contributed by atoms with van der Waals surface area (Å²) in [6, 6.07) is 2.77. The molecule has 0 radical (unpaired) electrons. The molecule has 0 amide bonds. The third-order valence-corrected chi connectivity index (χ3v) is 3.41. The zero-order valence-corrected chi connectivity index (χ0v) is 12.1. The molecule has 0 atom stereocenters. The molecule has 0 aliphatic rings. The van der Waals surface area contributed by atoms with Crippen molar-refractivity contribution in [3.05, 3.63) is 29.3 Å². The second-order valence-electron chi connectivity index (χ2n) is 4.22. The largest absolute Gasteiger partial charge is 0.481 e. The maximum absolute atomic E-state index is 12.8. The first-order valence-corrected chi connectivity index (χ1v) is 6.90. The molecule has 0 saturated heterocycles. The van der Waals surface area contributed by atoms with E-state index in [1.165, 1.54) is 10.7 Å². The van der Waals surface area contributed by atoms with Crippen molar-refractivity contribution in [1.82, 2.24) is 19.7 Å². The van der Waals surface area contributed by atoms with Crippen LogP contribution in [0, 0.1) is 13.8 Å². The van der Waals surface area contributed by atoms with Crippen LogP contribution in [0.1, 0.15) is 23.6 Å². The van der Waals surface area contributed by atoms with Crippen LogP contribution in [-0.2, 0) is 4.79 Å². The van der Waals surface area contributed by atoms with Crippen molar-refractivity contribution >= 4 is 17.7 Å². The molecule has 0 spiro atoms. The summed E-state index contributed by atoms with van der Waals surface area (Å²) in [6.07, 6.45) is -2.74. The second kappa shape index (κ2) is 6.17. The molecule has 2 aromatic rings. The van der Waals surface area contributed by atoms with Crippen molar-refractivity contribution in [3.63, 3.8) is 0 Å². The van der Waals surface area contributed by atoms with E-state index in [1.807, 2.05) is 0 Å². The highest BCUT2D eigenvalue weighted by Crippen LogP contribution is 2.27. The maximum Gasteiger partial charge on any atom is 0.313 e. The number of rotatable bonds is 5. The first-order chi connectivity index (χ1) is 9.86. The summed E-state index contributed by atoms with van der Waals surface area (Å²) in [7, 11) is 0. The number of carboxylic acids is 1. The Hall–Kier alpha value is -2.03. The topological polar surface area (TPSA) is 80.9 Å². The number of aliphatic carboxylic acids is 1. The van der Waals surface area contributed by atoms with Gasteiger partial charge in [-0.25, -0.2) is 23.4 Å². The number of hydrogen-bond donors (Lipinski definition) is 1. The molecule has 9 heteroatoms. The van der Waals surface area contributed by atoms with Gasteiger partial charge in [0.1, 0.15) is 16.5 Å². The lowest BCUT2D eigenvalue weighted by Gasteiger charge is -2.06. The summed E-state index contributed by atoms with van der Waals surface area (Å²) in [5.74, 6) is -0.480. The Balaban J connectivity index is 2.46. The van der Waals surface area contributed by atoms with Gasteiger partial charge in [0.2, 0.25) is 0 Å². The van der Waals surface area contributed by atoms with Gasteiger partial charge in [-0.15, -0.1) is 0 Å². The first-order valence-electron chi connectivity index (χ1n) is 5.92. The van der Waals surface area contributed by atoms with Crippen LogP contribution < -0.4 is 0 Å². The molecule has 0 aliphatic heterocycles. The van der Waals surface area contributed by atoms with Crippen molar-refractivity contribution in [2.75, 3.05) is 5.75 Å². The number of hydrogen-bond acceptors (Lipinski definition) is 5. The summed E-state index contributed by atoms with van der Waals surface area (Å²) >= 11 is 0.907. The SMILES string of the molecule is Cc1cc(-n2nc(C(F)F)cc2SCC(=O)O)nc(C)n1. The fraction of sp³-hybridized carbons (Fsp3) is 0.333. The zero-order chi connectivity index (χ0) is 15.6. The average Bonchev–Trinajstić information content (AvgIpc) is 2.79. The number of carboxylic acid groups (broad SMARTS) is 1. The number of nitrogens with zero attached hydrogens (tertiary/aromatic N) is 4. The van der Waals surface area contributed by atoms with Crippen LogP contribution in [0.3, 0.4) is 0 Å². The molecule has 2 rings (SSSR count). The molecular weight excluding hydrogens is 302 g/mol. The molecule has 6 nitrogen and oxygen atoms in total. The Bertz CT molecular complexity index is 655. The fourth-order valence-corrected chi connectivity index (χ4v) is 2.43. The van der Waals surface area contributed by atoms with Gasteiger partial charge in [0, 0.05) is 11.8 Å². The lowest BCUT2D eigenvalue weighted by molar-refractivity contribution is -0.133. The van der Waals surface area contributed by atoms with Crippen molar-refractivity contribution in [1.29, 1.82) is 0 Å². The molecule has 112 valence electrons. The lowest BCUT2D eigenvalue weighted by atomic mass is 10.4. The van der Waals surface area contributed by atoms with Gasteiger partial charge in [0.15, 0.2) is 5.82 Å². The molecule has 2 aromatic heterocycles. The average molecular weight is 314 g/mol. The standard InChI is InChI=1S/C12H12F2N4O2S/c1-6-3-9(16-7(2)15-6)18-10(21-5-11(19)20)4-8(17-18)12(13)14/h3-4,12H,5H2,1-2H3,(H,19,20). The van der Waals surface area contributed by atoms with Crippen molar-refractivity contribution in [2.45, 2.75) is 25.3 Å². The minimum absolute atomic E-state index is 0.253. The second-order valence-corrected chi connectivity index (χ2v) is 5.21. The van der Waals surface area contributed by atoms with Crippen molar-refractivity contribution < 1.29 is 18.7 Å². The van der Waals surface area contributed by atoms with E-state index in [9.17, 15) is 13.6 Å². The van der Waals surface area contributed by atoms with Crippen LogP contribution >= 0.6 is 11.8 Å². The van der Waals surface area contributed by atoms with Gasteiger partial charge in [-0.05, 0) is 19.9 Å². The fourth-order valence-electron chi connectivity index (χ4n) is 1.70. The predicted octanol–water partition coefficient (Wildman–Crippen LogP) is 2.39. The Morgan fingerprint density at radius 3 is 2.67 bits per heavy atom. The minimum Gasteiger partial charge on any atom is -0.481 e. The molecule has 0 saturated carbocycles. The molecule has 0 bridgehead atoms. The van der Waals surface area contributed by atoms with Crippen LogP contribution in [0.5, 0.6) is 0 Å². The Morgan fingerprint density at radius 2 is 2.10 bits per heavy atom. The van der Waals surface area contributed by atoms with E-state index < -0.39 is 18.1 Å². The number of thioether (sulfide) groups is 1. The highest BCUT2D eigenvalue weighted by molar-refractivity contribution is 7.99. The van der Waals surface area contributed by atoms with Gasteiger partial charge in [-0.2, -0.15) is 5.10 Å². The highest BCUT2D eigenvalue weighted by atomic mass is 32.2. The normalized spacial score (nSPS) is 11.1. The molecule has 1 N–H and O–H groups in total. The van der Waals surface area contributed by atoms with Crippen LogP contribution in [0.25, 0.3) is 5.82 Å². The summed E-state index contributed by atoms with van der Waals surface area (Å²) in [5, 5.41) is 12.8. The maximum atomic E-state index is 12.8. The lowest BCUT2D eigenvalue weighted by Crippen LogP contribution is -2.06. The van der Waals surface area contributed by atoms with Crippen LogP contribution in [0.2, 0.25) is 0 Å². The van der Waals surface area contributed by atoms with Crippen molar-refractivity contribution in [2.24, 2.45) is 0 Å². The number of carbonyl (C=O) groups is 1. The van der Waals surface area contributed by atoms with Gasteiger partial charge in [0.25, 0.3) is 6.43 Å². The van der Waals surface area contributed by atoms with Gasteiger partial charge in [-0.1, -0.05) is 11.8 Å². The van der Waals surface area contributed by atoms with Crippen LogP contribution in [-0.4, -0.2) is 36.6 Å². The van der Waals surface area contributed by atoms with E-state index in [4.69, 9.17) is 5.11 Å². The number of halogens is 2. The number of alkyl halides is 2. The highest BCUT2D eigenvalue weighted by Gasteiger charge is 2.18. The quantitative estimate of drug-likeness (QED) is 0.854. The molecule has 21 heavy (non-hydrogen) atoms.